The maximum atomic E-state index is 12.5. The molecule has 0 saturated heterocycles. The third-order valence-corrected chi connectivity index (χ3v) is 4.63. The fourth-order valence-electron chi connectivity index (χ4n) is 3.15. The number of nitrogens with zero attached hydrogens (tertiary/aromatic N) is 1. The van der Waals surface area contributed by atoms with Gasteiger partial charge in [-0.05, 0) is 35.9 Å². The van der Waals surface area contributed by atoms with Gasteiger partial charge in [0, 0.05) is 24.7 Å². The van der Waals surface area contributed by atoms with E-state index in [2.05, 4.69) is 20.6 Å². The molecule has 4 aromatic rings. The number of nitrogens with one attached hydrogen (secondary N) is 3. The smallest absolute Gasteiger partial charge is 0.255 e. The topological polar surface area (TPSA) is 107 Å². The molecular weight excluding hydrogens is 380 g/mol. The zero-order chi connectivity index (χ0) is 21.1. The summed E-state index contributed by atoms with van der Waals surface area (Å²) in [6.07, 6.45) is 0. The second-order valence-corrected chi connectivity index (χ2v) is 6.90. The molecule has 4 N–H and O–H groups in total. The summed E-state index contributed by atoms with van der Waals surface area (Å²) in [5.41, 5.74) is 4.28. The average Bonchev–Trinajstić information content (AvgIpc) is 3.17. The van der Waals surface area contributed by atoms with Crippen LogP contribution in [-0.4, -0.2) is 26.9 Å². The second kappa shape index (κ2) is 8.08. The molecule has 7 heteroatoms. The first kappa shape index (κ1) is 19.2. The first-order valence-corrected chi connectivity index (χ1v) is 9.42. The number of imidazole rings is 1. The summed E-state index contributed by atoms with van der Waals surface area (Å²) in [5, 5.41) is 15.4. The molecule has 0 aliphatic carbocycles. The van der Waals surface area contributed by atoms with Crippen LogP contribution in [0.3, 0.4) is 0 Å². The number of amides is 2. The quantitative estimate of drug-likeness (QED) is 0.382. The number of rotatable bonds is 5. The molecule has 0 aliphatic rings. The summed E-state index contributed by atoms with van der Waals surface area (Å²) in [7, 11) is 0. The van der Waals surface area contributed by atoms with Gasteiger partial charge in [0.25, 0.3) is 5.91 Å². The van der Waals surface area contributed by atoms with Crippen molar-refractivity contribution < 1.29 is 14.7 Å². The molecule has 0 saturated carbocycles. The minimum Gasteiger partial charge on any atom is -0.507 e. The van der Waals surface area contributed by atoms with Crippen LogP contribution in [0.15, 0.2) is 66.7 Å². The Morgan fingerprint density at radius 3 is 2.53 bits per heavy atom. The van der Waals surface area contributed by atoms with Crippen molar-refractivity contribution in [3.8, 4) is 17.1 Å². The molecule has 3 aromatic carbocycles. The van der Waals surface area contributed by atoms with E-state index in [1.165, 1.54) is 25.1 Å². The van der Waals surface area contributed by atoms with E-state index in [9.17, 15) is 14.7 Å². The Kier molecular flexibility index (Phi) is 5.17. The number of carbonyl (C=O) groups excluding carboxylic acids is 2. The van der Waals surface area contributed by atoms with Gasteiger partial charge in [0.1, 0.15) is 11.6 Å². The van der Waals surface area contributed by atoms with Crippen LogP contribution in [0, 0.1) is 0 Å². The number of H-pyrrole nitrogens is 1. The summed E-state index contributed by atoms with van der Waals surface area (Å²) in [4.78, 5) is 31.5. The lowest BCUT2D eigenvalue weighted by Gasteiger charge is -2.09. The lowest BCUT2D eigenvalue weighted by Crippen LogP contribution is -2.23. The number of carbonyl (C=O) groups is 2. The van der Waals surface area contributed by atoms with E-state index >= 15 is 0 Å². The number of hydrogen-bond acceptors (Lipinski definition) is 4. The van der Waals surface area contributed by atoms with Gasteiger partial charge < -0.3 is 20.7 Å². The van der Waals surface area contributed by atoms with Gasteiger partial charge in [-0.1, -0.05) is 36.4 Å². The number of anilines is 1. The molecule has 0 aliphatic heterocycles. The van der Waals surface area contributed by atoms with Crippen molar-refractivity contribution in [2.24, 2.45) is 0 Å². The highest BCUT2D eigenvalue weighted by Crippen LogP contribution is 2.23. The predicted molar refractivity (Wildman–Crippen MR) is 115 cm³/mol. The van der Waals surface area contributed by atoms with Crippen molar-refractivity contribution in [1.29, 1.82) is 0 Å². The van der Waals surface area contributed by atoms with Crippen molar-refractivity contribution in [3.63, 3.8) is 0 Å². The molecule has 0 unspecified atom stereocenters. The van der Waals surface area contributed by atoms with E-state index in [0.29, 0.717) is 12.2 Å². The van der Waals surface area contributed by atoms with Crippen LogP contribution in [0.1, 0.15) is 22.8 Å². The molecule has 2 amide bonds. The third kappa shape index (κ3) is 4.15. The number of para-hydroxylation sites is 2. The van der Waals surface area contributed by atoms with E-state index in [1.807, 2.05) is 48.5 Å². The van der Waals surface area contributed by atoms with Gasteiger partial charge in [-0.3, -0.25) is 9.59 Å². The fraction of sp³-hybridized carbons (Fsp3) is 0.0870. The van der Waals surface area contributed by atoms with E-state index < -0.39 is 5.91 Å². The summed E-state index contributed by atoms with van der Waals surface area (Å²) >= 11 is 0. The average molecular weight is 400 g/mol. The zero-order valence-electron chi connectivity index (χ0n) is 16.3. The van der Waals surface area contributed by atoms with Crippen LogP contribution < -0.4 is 10.6 Å². The number of phenolic OH excluding ortho intramolecular Hbond substituents is 1. The largest absolute Gasteiger partial charge is 0.507 e. The molecule has 0 radical (unpaired) electrons. The van der Waals surface area contributed by atoms with Gasteiger partial charge in [0.2, 0.25) is 5.91 Å². The zero-order valence-corrected chi connectivity index (χ0v) is 16.3. The Morgan fingerprint density at radius 2 is 1.80 bits per heavy atom. The maximum absolute atomic E-state index is 12.5. The maximum Gasteiger partial charge on any atom is 0.255 e. The molecule has 1 heterocycles. The van der Waals surface area contributed by atoms with Crippen molar-refractivity contribution in [2.45, 2.75) is 13.5 Å². The lowest BCUT2D eigenvalue weighted by atomic mass is 10.1. The van der Waals surface area contributed by atoms with Crippen molar-refractivity contribution in [2.75, 3.05) is 5.32 Å². The molecule has 0 fully saturated rings. The summed E-state index contributed by atoms with van der Waals surface area (Å²) < 4.78 is 0. The molecule has 150 valence electrons. The molecule has 0 atom stereocenters. The summed E-state index contributed by atoms with van der Waals surface area (Å²) in [6.45, 7) is 1.67. The van der Waals surface area contributed by atoms with Crippen LogP contribution in [0.25, 0.3) is 22.4 Å². The highest BCUT2D eigenvalue weighted by Gasteiger charge is 2.12. The molecule has 0 spiro atoms. The lowest BCUT2D eigenvalue weighted by molar-refractivity contribution is -0.114. The Morgan fingerprint density at radius 1 is 1.03 bits per heavy atom. The number of aromatic nitrogens is 2. The van der Waals surface area contributed by atoms with Gasteiger partial charge in [-0.25, -0.2) is 4.98 Å². The van der Waals surface area contributed by atoms with E-state index in [1.54, 1.807) is 0 Å². The molecule has 30 heavy (non-hydrogen) atoms. The number of benzene rings is 3. The number of aromatic amines is 1. The Labute approximate surface area is 172 Å². The Bertz CT molecular complexity index is 1200. The van der Waals surface area contributed by atoms with Gasteiger partial charge in [0.05, 0.1) is 16.6 Å². The highest BCUT2D eigenvalue weighted by molar-refractivity contribution is 5.99. The van der Waals surface area contributed by atoms with Crippen molar-refractivity contribution in [3.05, 3.63) is 77.9 Å². The first-order chi connectivity index (χ1) is 14.5. The standard InChI is InChI=1S/C23H20N4O3/c1-14(28)25-17-10-11-21(29)18(12-17)23(30)24-13-15-6-8-16(9-7-15)22-26-19-4-2-3-5-20(19)27-22/h2-12,29H,13H2,1H3,(H,24,30)(H,25,28)(H,26,27). The molecule has 1 aromatic heterocycles. The SMILES string of the molecule is CC(=O)Nc1ccc(O)c(C(=O)NCc2ccc(-c3nc4ccccc4[nH]3)cc2)c1. The minimum atomic E-state index is -0.430. The van der Waals surface area contributed by atoms with E-state index in [4.69, 9.17) is 0 Å². The summed E-state index contributed by atoms with van der Waals surface area (Å²) in [5.74, 6) is -0.0500. The van der Waals surface area contributed by atoms with Crippen LogP contribution in [0.5, 0.6) is 5.75 Å². The number of phenols is 1. The third-order valence-electron chi connectivity index (χ3n) is 4.63. The second-order valence-electron chi connectivity index (χ2n) is 6.90. The normalized spacial score (nSPS) is 10.7. The van der Waals surface area contributed by atoms with Gasteiger partial charge in [-0.2, -0.15) is 0 Å². The Balaban J connectivity index is 1.44. The van der Waals surface area contributed by atoms with E-state index in [0.717, 1.165) is 28.0 Å². The number of aromatic hydroxyl groups is 1. The van der Waals surface area contributed by atoms with Gasteiger partial charge in [-0.15, -0.1) is 0 Å². The van der Waals surface area contributed by atoms with Crippen molar-refractivity contribution in [1.82, 2.24) is 15.3 Å². The van der Waals surface area contributed by atoms with Crippen LogP contribution >= 0.6 is 0 Å². The van der Waals surface area contributed by atoms with E-state index in [-0.39, 0.29) is 17.2 Å². The summed E-state index contributed by atoms with van der Waals surface area (Å²) in [6, 6.07) is 19.9. The van der Waals surface area contributed by atoms with Gasteiger partial charge >= 0.3 is 0 Å². The molecule has 0 bridgehead atoms. The van der Waals surface area contributed by atoms with Crippen LogP contribution in [-0.2, 0) is 11.3 Å². The molecule has 4 rings (SSSR count). The Hall–Kier alpha value is -4.13. The molecule has 7 nitrogen and oxygen atoms in total. The minimum absolute atomic E-state index is 0.0974. The van der Waals surface area contributed by atoms with Crippen LogP contribution in [0.2, 0.25) is 0 Å². The highest BCUT2D eigenvalue weighted by atomic mass is 16.3. The number of hydrogen-bond donors (Lipinski definition) is 4. The molecular formula is C23H20N4O3. The van der Waals surface area contributed by atoms with Crippen molar-refractivity contribution >= 4 is 28.5 Å². The monoisotopic (exact) mass is 400 g/mol. The first-order valence-electron chi connectivity index (χ1n) is 9.42. The predicted octanol–water partition coefficient (Wildman–Crippen LogP) is 3.82. The van der Waals surface area contributed by atoms with Crippen LogP contribution in [0.4, 0.5) is 5.69 Å². The number of fused-ring (bicyclic) bond motifs is 1. The van der Waals surface area contributed by atoms with Gasteiger partial charge in [0.15, 0.2) is 0 Å². The fourth-order valence-corrected chi connectivity index (χ4v) is 3.15.